The number of hydrogen-bond donors (Lipinski definition) is 0. The van der Waals surface area contributed by atoms with Crippen LogP contribution in [0.3, 0.4) is 0 Å². The SMILES string of the molecule is CCc1cc(C(C)(C)C)cc2c1-c1c([c-]c(C(C)(C)C)c(C3=CC=CC3)c1CC)C2.Cl.Cl.[CH3-].[CH3-].[Si]=[Zr]. The summed E-state index contributed by atoms with van der Waals surface area (Å²) < 4.78 is 0. The molecule has 2 aliphatic carbocycles. The van der Waals surface area contributed by atoms with Crippen molar-refractivity contribution in [2.75, 3.05) is 0 Å². The minimum atomic E-state index is 0. The number of fused-ring (bicyclic) bond motifs is 3. The monoisotopic (exact) mass is 617 g/mol. The number of aryl methyl sites for hydroxylation is 1. The molecule has 0 aromatic heterocycles. The molecule has 0 saturated heterocycles. The van der Waals surface area contributed by atoms with Crippen LogP contribution in [0.25, 0.3) is 16.7 Å². The molecule has 2 aromatic carbocycles. The standard InChI is InChI=1S/C30H37.2CH3.2ClH.Si.Zr/c1-9-19-16-23(29(3,4)5)17-21-15-22-18-25(30(6,7)8)27(20-13-11-12-14-20)24(10-2)28(22)26(19)21;;;;;;/h11-13,16-17H,9-10,14-15H2,1-8H3;2*1H3;2*1H;;/q3*-1;;;;. The molecular weight excluding hydrogens is 575 g/mol. The van der Waals surface area contributed by atoms with Gasteiger partial charge in [0.2, 0.25) is 0 Å². The zero-order valence-electron chi connectivity index (χ0n) is 24.0. The van der Waals surface area contributed by atoms with Crippen LogP contribution in [0, 0.1) is 20.9 Å². The van der Waals surface area contributed by atoms with E-state index in [0.29, 0.717) is 0 Å². The zero-order valence-corrected chi connectivity index (χ0v) is 29.1. The van der Waals surface area contributed by atoms with Gasteiger partial charge in [0.25, 0.3) is 0 Å². The van der Waals surface area contributed by atoms with Gasteiger partial charge in [0.05, 0.1) is 0 Å². The topological polar surface area (TPSA) is 0 Å². The number of rotatable bonds is 3. The molecule has 0 nitrogen and oxygen atoms in total. The first-order chi connectivity index (χ1) is 15.1. The van der Waals surface area contributed by atoms with Gasteiger partial charge in [-0.15, -0.1) is 52.6 Å². The Labute approximate surface area is 252 Å². The Bertz CT molecular complexity index is 1100. The Balaban J connectivity index is 0. The van der Waals surface area contributed by atoms with Gasteiger partial charge in [-0.2, -0.15) is 6.07 Å². The second kappa shape index (κ2) is 14.7. The van der Waals surface area contributed by atoms with Gasteiger partial charge in [0, 0.05) is 0 Å². The van der Waals surface area contributed by atoms with Crippen molar-refractivity contribution in [2.24, 2.45) is 0 Å². The van der Waals surface area contributed by atoms with E-state index in [1.807, 2.05) is 0 Å². The van der Waals surface area contributed by atoms with E-state index < -0.39 is 0 Å². The molecular formula is C32H45Cl2SiZr-3. The number of hydrogen-bond acceptors (Lipinski definition) is 0. The molecule has 0 N–H and O–H groups in total. The molecule has 0 unspecified atom stereocenters. The van der Waals surface area contributed by atoms with Gasteiger partial charge in [-0.3, -0.25) is 0 Å². The van der Waals surface area contributed by atoms with E-state index in [0.717, 1.165) is 25.7 Å². The summed E-state index contributed by atoms with van der Waals surface area (Å²) in [6.45, 7) is 21.7. The summed E-state index contributed by atoms with van der Waals surface area (Å²) in [7, 11) is 0. The molecule has 2 aliphatic rings. The number of allylic oxidation sites excluding steroid dienone is 4. The van der Waals surface area contributed by atoms with Crippen molar-refractivity contribution >= 4 is 37.3 Å². The van der Waals surface area contributed by atoms with E-state index in [1.165, 1.54) is 73.4 Å². The Kier molecular flexibility index (Phi) is 15.4. The van der Waals surface area contributed by atoms with Gasteiger partial charge in [0.15, 0.2) is 0 Å². The Morgan fingerprint density at radius 3 is 1.92 bits per heavy atom. The van der Waals surface area contributed by atoms with E-state index in [9.17, 15) is 0 Å². The molecule has 0 amide bonds. The van der Waals surface area contributed by atoms with E-state index >= 15 is 0 Å². The minimum absolute atomic E-state index is 0. The summed E-state index contributed by atoms with van der Waals surface area (Å²) in [5, 5.41) is 0. The molecule has 0 atom stereocenters. The van der Waals surface area contributed by atoms with Crippen molar-refractivity contribution in [3.63, 3.8) is 0 Å². The van der Waals surface area contributed by atoms with Gasteiger partial charge in [-0.25, -0.2) is 0 Å². The fourth-order valence-electron chi connectivity index (χ4n) is 5.20. The molecule has 0 heterocycles. The molecule has 2 radical (unpaired) electrons. The van der Waals surface area contributed by atoms with Crippen LogP contribution in [0.2, 0.25) is 0 Å². The molecule has 2 aromatic rings. The van der Waals surface area contributed by atoms with Gasteiger partial charge >= 0.3 is 30.2 Å². The second-order valence-corrected chi connectivity index (χ2v) is 11.1. The van der Waals surface area contributed by atoms with Crippen molar-refractivity contribution < 1.29 is 23.3 Å². The normalized spacial score (nSPS) is 12.9. The van der Waals surface area contributed by atoms with E-state index in [2.05, 4.69) is 98.7 Å². The predicted octanol–water partition coefficient (Wildman–Crippen LogP) is 9.48. The molecule has 4 rings (SSSR count). The fourth-order valence-corrected chi connectivity index (χ4v) is 5.20. The van der Waals surface area contributed by atoms with Crippen LogP contribution in [0.4, 0.5) is 0 Å². The quantitative estimate of drug-likeness (QED) is 0.202. The van der Waals surface area contributed by atoms with E-state index in [-0.39, 0.29) is 50.5 Å². The fraction of sp³-hybridized carbons (Fsp3) is 0.438. The molecule has 198 valence electrons. The van der Waals surface area contributed by atoms with Gasteiger partial charge in [-0.05, 0) is 41.2 Å². The third-order valence-electron chi connectivity index (χ3n) is 6.79. The first-order valence-corrected chi connectivity index (χ1v) is 16.1. The van der Waals surface area contributed by atoms with Gasteiger partial charge < -0.3 is 14.9 Å². The van der Waals surface area contributed by atoms with Crippen molar-refractivity contribution in [2.45, 2.75) is 91.9 Å². The third kappa shape index (κ3) is 7.16. The maximum absolute atomic E-state index is 3.97. The predicted molar refractivity (Wildman–Crippen MR) is 164 cm³/mol. The van der Waals surface area contributed by atoms with Crippen molar-refractivity contribution in [1.82, 2.24) is 0 Å². The zero-order chi connectivity index (χ0) is 23.8. The summed E-state index contributed by atoms with van der Waals surface area (Å²) in [6.07, 6.45) is 11.0. The molecule has 4 heteroatoms. The summed E-state index contributed by atoms with van der Waals surface area (Å²) in [5.74, 6) is 0. The Morgan fingerprint density at radius 1 is 0.861 bits per heavy atom. The van der Waals surface area contributed by atoms with Crippen LogP contribution in [0.1, 0.15) is 101 Å². The molecule has 0 fully saturated rings. The van der Waals surface area contributed by atoms with Gasteiger partial charge in [-0.1, -0.05) is 109 Å². The van der Waals surface area contributed by atoms with Crippen LogP contribution >= 0.6 is 24.8 Å². The van der Waals surface area contributed by atoms with Crippen LogP contribution in [-0.2, 0) is 53.4 Å². The summed E-state index contributed by atoms with van der Waals surface area (Å²) in [5.41, 5.74) is 15.0. The summed E-state index contributed by atoms with van der Waals surface area (Å²) in [6, 6.07) is 8.93. The van der Waals surface area contributed by atoms with Crippen LogP contribution in [0.5, 0.6) is 0 Å². The Morgan fingerprint density at radius 2 is 1.47 bits per heavy atom. The van der Waals surface area contributed by atoms with Crippen LogP contribution < -0.4 is 0 Å². The maximum atomic E-state index is 3.97. The van der Waals surface area contributed by atoms with Gasteiger partial charge in [0.1, 0.15) is 0 Å². The average Bonchev–Trinajstić information content (AvgIpc) is 3.39. The number of benzene rings is 2. The van der Waals surface area contributed by atoms with Crippen molar-refractivity contribution in [1.29, 1.82) is 0 Å². The summed E-state index contributed by atoms with van der Waals surface area (Å²) in [4.78, 5) is 0. The molecule has 0 bridgehead atoms. The van der Waals surface area contributed by atoms with E-state index in [4.69, 9.17) is 0 Å². The first kappa shape index (κ1) is 37.8. The first-order valence-electron chi connectivity index (χ1n) is 12.0. The summed E-state index contributed by atoms with van der Waals surface area (Å²) >= 11 is 1.36. The molecule has 36 heavy (non-hydrogen) atoms. The van der Waals surface area contributed by atoms with Crippen LogP contribution in [0.15, 0.2) is 30.4 Å². The molecule has 0 aliphatic heterocycles. The van der Waals surface area contributed by atoms with Crippen molar-refractivity contribution in [3.05, 3.63) is 90.2 Å². The van der Waals surface area contributed by atoms with E-state index in [1.54, 1.807) is 5.56 Å². The second-order valence-electron chi connectivity index (χ2n) is 11.1. The average molecular weight is 620 g/mol. The number of halogens is 2. The molecule has 0 saturated carbocycles. The Hall–Kier alpha value is -0.400. The molecule has 0 spiro atoms. The van der Waals surface area contributed by atoms with Crippen molar-refractivity contribution in [3.8, 4) is 11.1 Å². The van der Waals surface area contributed by atoms with Crippen LogP contribution in [-0.4, -0.2) is 6.88 Å². The third-order valence-corrected chi connectivity index (χ3v) is 6.79.